The first-order chi connectivity index (χ1) is 31.3. The maximum absolute atomic E-state index is 14.8. The monoisotopic (exact) mass is 905 g/mol. The van der Waals surface area contributed by atoms with Crippen molar-refractivity contribution in [3.63, 3.8) is 0 Å². The molecule has 0 aliphatic heterocycles. The number of aromatic nitrogens is 4. The van der Waals surface area contributed by atoms with E-state index in [1.165, 1.54) is 23.5 Å². The number of anilines is 1. The SMILES string of the molecule is Cc1nc2cc(C(=O)Nc3nc(-c4ccccn4)cs3)ccc2n1CCCC(=O)NCc1ccc(OC(=O)CCOCCOCCOCCOCCOCCOCCN=[N+]=[N-])c(F)c1. The largest absolute Gasteiger partial charge is 0.423 e. The summed E-state index contributed by atoms with van der Waals surface area (Å²) in [5, 5.41) is 11.3. The molecule has 2 N–H and O–H groups in total. The van der Waals surface area contributed by atoms with Crippen molar-refractivity contribution in [3.8, 4) is 17.1 Å². The van der Waals surface area contributed by atoms with Gasteiger partial charge in [0.1, 0.15) is 11.5 Å². The lowest BCUT2D eigenvalue weighted by Gasteiger charge is -2.10. The number of rotatable bonds is 31. The molecule has 0 unspecified atom stereocenters. The third-order valence-corrected chi connectivity index (χ3v) is 9.82. The Balaban J connectivity index is 0.877. The minimum Gasteiger partial charge on any atom is -0.423 e. The van der Waals surface area contributed by atoms with E-state index in [1.807, 2.05) is 41.1 Å². The highest BCUT2D eigenvalue weighted by Gasteiger charge is 2.15. The van der Waals surface area contributed by atoms with E-state index in [9.17, 15) is 18.8 Å². The lowest BCUT2D eigenvalue weighted by atomic mass is 10.2. The number of nitrogens with one attached hydrogen (secondary N) is 2. The number of aryl methyl sites for hydroxylation is 2. The van der Waals surface area contributed by atoms with Crippen molar-refractivity contribution in [2.75, 3.05) is 91.1 Å². The summed E-state index contributed by atoms with van der Waals surface area (Å²) in [6.07, 6.45) is 2.36. The van der Waals surface area contributed by atoms with Crippen LogP contribution in [0.15, 0.2) is 71.3 Å². The molecule has 19 nitrogen and oxygen atoms in total. The predicted molar refractivity (Wildman–Crippen MR) is 234 cm³/mol. The highest BCUT2D eigenvalue weighted by molar-refractivity contribution is 7.14. The van der Waals surface area contributed by atoms with Crippen LogP contribution in [0.3, 0.4) is 0 Å². The van der Waals surface area contributed by atoms with Crippen molar-refractivity contribution in [1.29, 1.82) is 0 Å². The number of carbonyl (C=O) groups is 3. The highest BCUT2D eigenvalue weighted by Crippen LogP contribution is 2.25. The number of carbonyl (C=O) groups excluding carboxylic acids is 3. The molecule has 0 saturated heterocycles. The summed E-state index contributed by atoms with van der Waals surface area (Å²) in [4.78, 5) is 54.0. The summed E-state index contributed by atoms with van der Waals surface area (Å²) in [6, 6.07) is 15.0. The Labute approximate surface area is 373 Å². The van der Waals surface area contributed by atoms with Gasteiger partial charge in [0.15, 0.2) is 16.7 Å². The molecule has 3 aromatic heterocycles. The van der Waals surface area contributed by atoms with Gasteiger partial charge < -0.3 is 43.0 Å². The number of benzene rings is 2. The third-order valence-electron chi connectivity index (χ3n) is 9.06. The van der Waals surface area contributed by atoms with E-state index in [0.29, 0.717) is 113 Å². The number of hydrogen-bond donors (Lipinski definition) is 2. The van der Waals surface area contributed by atoms with Crippen molar-refractivity contribution in [2.45, 2.75) is 39.3 Å². The smallest absolute Gasteiger partial charge is 0.313 e. The molecule has 5 aromatic rings. The van der Waals surface area contributed by atoms with Crippen LogP contribution >= 0.6 is 11.3 Å². The fourth-order valence-corrected chi connectivity index (χ4v) is 6.61. The normalized spacial score (nSPS) is 11.1. The molecule has 0 atom stereocenters. The molecule has 21 heteroatoms. The highest BCUT2D eigenvalue weighted by atomic mass is 32.1. The molecular weight excluding hydrogens is 854 g/mol. The number of ether oxygens (including phenoxy) is 7. The molecular formula is C43H52FN9O10S. The Bertz CT molecular complexity index is 2270. The van der Waals surface area contributed by atoms with E-state index in [0.717, 1.165) is 17.0 Å². The van der Waals surface area contributed by atoms with Gasteiger partial charge in [-0.3, -0.25) is 24.7 Å². The maximum atomic E-state index is 14.8. The van der Waals surface area contributed by atoms with Gasteiger partial charge >= 0.3 is 5.97 Å². The van der Waals surface area contributed by atoms with Crippen LogP contribution in [0.25, 0.3) is 32.9 Å². The van der Waals surface area contributed by atoms with Crippen LogP contribution in [0.2, 0.25) is 0 Å². The molecule has 2 aromatic carbocycles. The summed E-state index contributed by atoms with van der Waals surface area (Å²) < 4.78 is 54.2. The van der Waals surface area contributed by atoms with Crippen molar-refractivity contribution in [2.24, 2.45) is 5.11 Å². The molecule has 0 aliphatic rings. The van der Waals surface area contributed by atoms with Crippen LogP contribution in [0.5, 0.6) is 5.75 Å². The van der Waals surface area contributed by atoms with Gasteiger partial charge in [-0.25, -0.2) is 14.4 Å². The lowest BCUT2D eigenvalue weighted by molar-refractivity contribution is -0.136. The summed E-state index contributed by atoms with van der Waals surface area (Å²) in [5.74, 6) is -1.34. The number of thiazole rings is 1. The van der Waals surface area contributed by atoms with E-state index >= 15 is 0 Å². The van der Waals surface area contributed by atoms with Gasteiger partial charge in [0, 0.05) is 48.1 Å². The molecule has 3 heterocycles. The predicted octanol–water partition coefficient (Wildman–Crippen LogP) is 6.06. The van der Waals surface area contributed by atoms with Crippen LogP contribution < -0.4 is 15.4 Å². The zero-order chi connectivity index (χ0) is 45.2. The minimum absolute atomic E-state index is 0.0759. The fraction of sp³-hybridized carbons (Fsp3) is 0.442. The molecule has 2 amide bonds. The fourth-order valence-electron chi connectivity index (χ4n) is 5.91. The van der Waals surface area contributed by atoms with Gasteiger partial charge in [-0.2, -0.15) is 0 Å². The van der Waals surface area contributed by atoms with Crippen LogP contribution in [0, 0.1) is 12.7 Å². The van der Waals surface area contributed by atoms with Gasteiger partial charge in [-0.15, -0.1) is 11.3 Å². The first kappa shape index (κ1) is 49.1. The number of esters is 1. The van der Waals surface area contributed by atoms with Gasteiger partial charge in [-0.1, -0.05) is 17.2 Å². The van der Waals surface area contributed by atoms with Gasteiger partial charge in [-0.05, 0) is 66.9 Å². The number of azide groups is 1. The summed E-state index contributed by atoms with van der Waals surface area (Å²) in [5.41, 5.74) is 12.0. The Morgan fingerprint density at radius 1 is 0.812 bits per heavy atom. The van der Waals surface area contributed by atoms with Crippen molar-refractivity contribution >= 4 is 45.3 Å². The van der Waals surface area contributed by atoms with E-state index in [4.69, 9.17) is 38.7 Å². The lowest BCUT2D eigenvalue weighted by Crippen LogP contribution is -2.23. The molecule has 0 aliphatic carbocycles. The molecule has 0 radical (unpaired) electrons. The van der Waals surface area contributed by atoms with Gasteiger partial charge in [0.2, 0.25) is 5.91 Å². The summed E-state index contributed by atoms with van der Waals surface area (Å²) in [7, 11) is 0. The molecule has 5 rings (SSSR count). The van der Waals surface area contributed by atoms with E-state index in [2.05, 4.69) is 35.6 Å². The maximum Gasteiger partial charge on any atom is 0.313 e. The number of nitrogens with zero attached hydrogens (tertiary/aromatic N) is 7. The number of fused-ring (bicyclic) bond motifs is 1. The summed E-state index contributed by atoms with van der Waals surface area (Å²) in [6.45, 7) is 7.11. The second kappa shape index (κ2) is 28.0. The topological polar surface area (TPSA) is 232 Å². The Morgan fingerprint density at radius 3 is 2.16 bits per heavy atom. The molecule has 0 bridgehead atoms. The second-order valence-corrected chi connectivity index (χ2v) is 14.6. The first-order valence-corrected chi connectivity index (χ1v) is 21.6. The second-order valence-electron chi connectivity index (χ2n) is 13.7. The quantitative estimate of drug-likeness (QED) is 0.0129. The zero-order valence-electron chi connectivity index (χ0n) is 35.6. The minimum atomic E-state index is -0.725. The molecule has 0 spiro atoms. The van der Waals surface area contributed by atoms with Crippen molar-refractivity contribution in [3.05, 3.63) is 99.4 Å². The molecule has 0 fully saturated rings. The average molecular weight is 906 g/mol. The third kappa shape index (κ3) is 17.3. The van der Waals surface area contributed by atoms with E-state index in [-0.39, 0.29) is 50.2 Å². The van der Waals surface area contributed by atoms with E-state index < -0.39 is 11.8 Å². The summed E-state index contributed by atoms with van der Waals surface area (Å²) >= 11 is 1.32. The van der Waals surface area contributed by atoms with E-state index in [1.54, 1.807) is 24.4 Å². The van der Waals surface area contributed by atoms with Crippen LogP contribution in [-0.4, -0.2) is 123 Å². The molecule has 342 valence electrons. The van der Waals surface area contributed by atoms with Crippen LogP contribution in [-0.2, 0) is 51.1 Å². The number of hydrogen-bond acceptors (Lipinski definition) is 15. The zero-order valence-corrected chi connectivity index (χ0v) is 36.4. The van der Waals surface area contributed by atoms with Crippen molar-refractivity contribution < 1.29 is 51.9 Å². The Morgan fingerprint density at radius 2 is 1.50 bits per heavy atom. The van der Waals surface area contributed by atoms with Crippen LogP contribution in [0.4, 0.5) is 9.52 Å². The first-order valence-electron chi connectivity index (χ1n) is 20.7. The van der Waals surface area contributed by atoms with Crippen LogP contribution in [0.1, 0.15) is 41.0 Å². The number of halogens is 1. The average Bonchev–Trinajstić information content (AvgIpc) is 3.90. The number of amides is 2. The van der Waals surface area contributed by atoms with Gasteiger partial charge in [0.25, 0.3) is 5.91 Å². The number of imidazole rings is 1. The van der Waals surface area contributed by atoms with Crippen molar-refractivity contribution in [1.82, 2.24) is 24.8 Å². The Kier molecular flexibility index (Phi) is 21.5. The Hall–Kier alpha value is -5.90. The molecule has 64 heavy (non-hydrogen) atoms. The standard InChI is InChI=1S/C43H52FN9O10S/c1-31-49-36-28-33(42(56)51-43-50-37(30-64-43)35-5-2-3-12-46-35)8-9-38(36)53(31)14-4-6-40(54)47-29-32-7-10-39(34(44)27-32)63-41(55)11-15-57-17-19-59-21-23-61-25-26-62-24-22-60-20-18-58-16-13-48-52-45/h2-3,5,7-10,12,27-28,30H,4,6,11,13-26,29H2,1H3,(H,47,54)(H,50,51,56). The molecule has 0 saturated carbocycles. The number of pyridine rings is 1. The van der Waals surface area contributed by atoms with Gasteiger partial charge in [0.05, 0.1) is 102 Å².